The first-order valence-corrected chi connectivity index (χ1v) is 6.89. The van der Waals surface area contributed by atoms with Crippen molar-refractivity contribution >= 4 is 11.9 Å². The van der Waals surface area contributed by atoms with E-state index in [2.05, 4.69) is 10.1 Å². The summed E-state index contributed by atoms with van der Waals surface area (Å²) in [5.41, 5.74) is -0.958. The molecule has 0 aliphatic heterocycles. The molecule has 128 valence electrons. The van der Waals surface area contributed by atoms with Crippen molar-refractivity contribution < 1.29 is 32.2 Å². The van der Waals surface area contributed by atoms with Crippen molar-refractivity contribution in [3.63, 3.8) is 0 Å². The lowest BCUT2D eigenvalue weighted by Crippen LogP contribution is -2.44. The number of hydrogen-bond acceptors (Lipinski definition) is 4. The second-order valence-corrected chi connectivity index (χ2v) is 4.64. The van der Waals surface area contributed by atoms with Crippen molar-refractivity contribution in [2.45, 2.75) is 25.6 Å². The van der Waals surface area contributed by atoms with Gasteiger partial charge < -0.3 is 14.8 Å². The van der Waals surface area contributed by atoms with Crippen molar-refractivity contribution in [1.82, 2.24) is 5.32 Å². The molecule has 1 N–H and O–H groups in total. The van der Waals surface area contributed by atoms with Crippen molar-refractivity contribution in [1.29, 1.82) is 0 Å². The predicted molar refractivity (Wildman–Crippen MR) is 75.6 cm³/mol. The van der Waals surface area contributed by atoms with Crippen molar-refractivity contribution in [3.05, 3.63) is 35.4 Å². The van der Waals surface area contributed by atoms with Gasteiger partial charge in [0.1, 0.15) is 12.6 Å². The molecule has 0 bridgehead atoms. The van der Waals surface area contributed by atoms with Crippen LogP contribution in [0.4, 0.5) is 13.2 Å². The van der Waals surface area contributed by atoms with E-state index in [1.807, 2.05) is 0 Å². The predicted octanol–water partition coefficient (Wildman–Crippen LogP) is 1.94. The number of ether oxygens (including phenoxy) is 2. The monoisotopic (exact) mass is 333 g/mol. The molecule has 0 saturated carbocycles. The molecule has 5 nitrogen and oxygen atoms in total. The summed E-state index contributed by atoms with van der Waals surface area (Å²) in [6.07, 6.45) is -4.88. The van der Waals surface area contributed by atoms with Gasteiger partial charge in [-0.25, -0.2) is 4.79 Å². The Hall–Kier alpha value is -2.09. The number of alkyl halides is 3. The Morgan fingerprint density at radius 2 is 1.91 bits per heavy atom. The Bertz CT molecular complexity index is 546. The third-order valence-electron chi connectivity index (χ3n) is 3.01. The fraction of sp³-hybridized carbons (Fsp3) is 0.467. The molecule has 1 atom stereocenters. The Kier molecular flexibility index (Phi) is 7.02. The van der Waals surface area contributed by atoms with Gasteiger partial charge in [-0.3, -0.25) is 4.79 Å². The molecule has 0 saturated heterocycles. The van der Waals surface area contributed by atoms with Crippen molar-refractivity contribution in [2.24, 2.45) is 0 Å². The van der Waals surface area contributed by atoms with Crippen LogP contribution in [0, 0.1) is 0 Å². The van der Waals surface area contributed by atoms with E-state index in [0.717, 1.165) is 13.2 Å². The molecule has 8 heteroatoms. The zero-order valence-corrected chi connectivity index (χ0v) is 12.8. The molecular formula is C15H18F3NO4. The van der Waals surface area contributed by atoms with Crippen LogP contribution in [0.1, 0.15) is 18.1 Å². The van der Waals surface area contributed by atoms with Gasteiger partial charge in [-0.15, -0.1) is 0 Å². The zero-order valence-electron chi connectivity index (χ0n) is 12.8. The van der Waals surface area contributed by atoms with Crippen LogP contribution in [-0.4, -0.2) is 38.2 Å². The molecule has 0 fully saturated rings. The summed E-state index contributed by atoms with van der Waals surface area (Å²) in [5, 5.41) is 2.32. The van der Waals surface area contributed by atoms with Gasteiger partial charge in [-0.05, 0) is 18.6 Å². The summed E-state index contributed by atoms with van der Waals surface area (Å²) < 4.78 is 48.4. The van der Waals surface area contributed by atoms with Gasteiger partial charge in [-0.2, -0.15) is 13.2 Å². The third kappa shape index (κ3) is 5.90. The Morgan fingerprint density at radius 3 is 2.48 bits per heavy atom. The number of nitrogens with one attached hydrogen (secondary N) is 1. The molecule has 0 aromatic heterocycles. The number of methoxy groups -OCH3 is 1. The second kappa shape index (κ2) is 8.52. The number of benzene rings is 1. The van der Waals surface area contributed by atoms with Crippen molar-refractivity contribution in [2.75, 3.05) is 20.3 Å². The van der Waals surface area contributed by atoms with Crippen molar-refractivity contribution in [3.8, 4) is 0 Å². The number of hydrogen-bond donors (Lipinski definition) is 1. The van der Waals surface area contributed by atoms with E-state index < -0.39 is 29.7 Å². The molecule has 1 rings (SSSR count). The fourth-order valence-corrected chi connectivity index (χ4v) is 1.96. The van der Waals surface area contributed by atoms with Gasteiger partial charge in [0.05, 0.1) is 12.7 Å². The maximum absolute atomic E-state index is 13.0. The number of amides is 1. The first-order chi connectivity index (χ1) is 10.8. The van der Waals surface area contributed by atoms with Gasteiger partial charge >= 0.3 is 12.1 Å². The highest BCUT2D eigenvalue weighted by Crippen LogP contribution is 2.32. The van der Waals surface area contributed by atoms with Crippen LogP contribution in [-0.2, 0) is 31.7 Å². The van der Waals surface area contributed by atoms with E-state index in [-0.39, 0.29) is 18.6 Å². The number of carbonyl (C=O) groups is 2. The van der Waals surface area contributed by atoms with Gasteiger partial charge in [0.2, 0.25) is 5.91 Å². The van der Waals surface area contributed by atoms with Crippen LogP contribution in [0.15, 0.2) is 24.3 Å². The van der Waals surface area contributed by atoms with E-state index in [1.54, 1.807) is 6.92 Å². The molecule has 1 aromatic carbocycles. The van der Waals surface area contributed by atoms with E-state index in [0.29, 0.717) is 6.61 Å². The highest BCUT2D eigenvalue weighted by molar-refractivity contribution is 5.85. The average Bonchev–Trinajstić information content (AvgIpc) is 2.51. The van der Waals surface area contributed by atoms with E-state index >= 15 is 0 Å². The fourth-order valence-electron chi connectivity index (χ4n) is 1.96. The third-order valence-corrected chi connectivity index (χ3v) is 3.01. The molecule has 0 aliphatic carbocycles. The van der Waals surface area contributed by atoms with Crippen LogP contribution in [0.25, 0.3) is 0 Å². The minimum absolute atomic E-state index is 0.105. The lowest BCUT2D eigenvalue weighted by atomic mass is 9.99. The molecule has 0 radical (unpaired) electrons. The standard InChI is InChI=1S/C15H18F3NO4/c1-3-23-9-13(20)19-12(14(21)22-2)8-10-6-4-5-7-11(10)15(16,17)18/h4-7,12H,3,8-9H2,1-2H3,(H,19,20)/t12-/m0/s1. The SMILES string of the molecule is CCOCC(=O)N[C@@H](Cc1ccccc1C(F)(F)F)C(=O)OC. The highest BCUT2D eigenvalue weighted by atomic mass is 19.4. The average molecular weight is 333 g/mol. The van der Waals surface area contributed by atoms with Crippen LogP contribution in [0.2, 0.25) is 0 Å². The molecular weight excluding hydrogens is 315 g/mol. The van der Waals surface area contributed by atoms with Gasteiger partial charge in [-0.1, -0.05) is 18.2 Å². The number of esters is 1. The minimum Gasteiger partial charge on any atom is -0.467 e. The van der Waals surface area contributed by atoms with Gasteiger partial charge in [0, 0.05) is 13.0 Å². The van der Waals surface area contributed by atoms with Crippen LogP contribution >= 0.6 is 0 Å². The normalized spacial score (nSPS) is 12.6. The van der Waals surface area contributed by atoms with Crippen LogP contribution in [0.5, 0.6) is 0 Å². The molecule has 0 aliphatic rings. The number of halogens is 3. The Balaban J connectivity index is 2.94. The summed E-state index contributed by atoms with van der Waals surface area (Å²) in [6.45, 7) is 1.70. The lowest BCUT2D eigenvalue weighted by Gasteiger charge is -2.19. The Labute approximate surface area is 131 Å². The topological polar surface area (TPSA) is 64.6 Å². The number of rotatable bonds is 7. The minimum atomic E-state index is -4.55. The lowest BCUT2D eigenvalue weighted by molar-refractivity contribution is -0.146. The largest absolute Gasteiger partial charge is 0.467 e. The molecule has 1 aromatic rings. The molecule has 23 heavy (non-hydrogen) atoms. The molecule has 0 spiro atoms. The summed E-state index contributed by atoms with van der Waals surface area (Å²) in [6, 6.07) is 3.64. The highest BCUT2D eigenvalue weighted by Gasteiger charge is 2.34. The first-order valence-electron chi connectivity index (χ1n) is 6.89. The molecule has 0 heterocycles. The van der Waals surface area contributed by atoms with Crippen LogP contribution in [0.3, 0.4) is 0 Å². The number of carbonyl (C=O) groups excluding carboxylic acids is 2. The smallest absolute Gasteiger partial charge is 0.416 e. The maximum atomic E-state index is 13.0. The summed E-state index contributed by atoms with van der Waals surface area (Å²) >= 11 is 0. The van der Waals surface area contributed by atoms with Crippen LogP contribution < -0.4 is 5.32 Å². The zero-order chi connectivity index (χ0) is 17.5. The summed E-state index contributed by atoms with van der Waals surface area (Å²) in [4.78, 5) is 23.4. The van der Waals surface area contributed by atoms with E-state index in [9.17, 15) is 22.8 Å². The molecule has 1 amide bonds. The molecule has 0 unspecified atom stereocenters. The van der Waals surface area contributed by atoms with E-state index in [1.165, 1.54) is 18.2 Å². The van der Waals surface area contributed by atoms with Gasteiger partial charge in [0.15, 0.2) is 0 Å². The summed E-state index contributed by atoms with van der Waals surface area (Å²) in [7, 11) is 1.10. The second-order valence-electron chi connectivity index (χ2n) is 4.64. The Morgan fingerprint density at radius 1 is 1.26 bits per heavy atom. The first kappa shape index (κ1) is 19.0. The van der Waals surface area contributed by atoms with E-state index in [4.69, 9.17) is 4.74 Å². The summed E-state index contributed by atoms with van der Waals surface area (Å²) in [5.74, 6) is -1.43. The quantitative estimate of drug-likeness (QED) is 0.775. The maximum Gasteiger partial charge on any atom is 0.416 e. The van der Waals surface area contributed by atoms with Gasteiger partial charge in [0.25, 0.3) is 0 Å².